The molecule has 124 valence electrons. The van der Waals surface area contributed by atoms with Crippen molar-refractivity contribution in [3.8, 4) is 6.07 Å². The van der Waals surface area contributed by atoms with E-state index in [0.717, 1.165) is 25.2 Å². The van der Waals surface area contributed by atoms with Crippen molar-refractivity contribution in [3.63, 3.8) is 0 Å². The van der Waals surface area contributed by atoms with Crippen LogP contribution in [0.2, 0.25) is 0 Å². The van der Waals surface area contributed by atoms with Crippen molar-refractivity contribution in [3.05, 3.63) is 35.0 Å². The maximum atomic E-state index is 10.9. The molecule has 0 aromatic carbocycles. The van der Waals surface area contributed by atoms with Crippen molar-refractivity contribution < 1.29 is 9.90 Å². The van der Waals surface area contributed by atoms with Gasteiger partial charge in [-0.3, -0.25) is 4.90 Å². The fraction of sp³-hybridized carbons (Fsp3) is 0.333. The normalized spacial score (nSPS) is 15.0. The zero-order chi connectivity index (χ0) is 16.9. The van der Waals surface area contributed by atoms with Crippen LogP contribution in [0.5, 0.6) is 0 Å². The highest BCUT2D eigenvalue weighted by atomic mass is 32.1. The zero-order valence-electron chi connectivity index (χ0n) is 12.8. The molecule has 3 heterocycles. The van der Waals surface area contributed by atoms with Gasteiger partial charge in [0, 0.05) is 38.9 Å². The van der Waals surface area contributed by atoms with Crippen LogP contribution >= 0.6 is 11.3 Å². The molecule has 3 rings (SSSR count). The topological polar surface area (TPSA) is 105 Å². The number of pyridine rings is 1. The van der Waals surface area contributed by atoms with Crippen LogP contribution in [-0.4, -0.2) is 57.1 Å². The Kier molecular flexibility index (Phi) is 4.88. The van der Waals surface area contributed by atoms with Crippen LogP contribution < -0.4 is 5.32 Å². The number of aromatic nitrogens is 2. The van der Waals surface area contributed by atoms with Gasteiger partial charge in [-0.25, -0.2) is 14.8 Å². The van der Waals surface area contributed by atoms with Gasteiger partial charge in [0.1, 0.15) is 16.8 Å². The summed E-state index contributed by atoms with van der Waals surface area (Å²) in [6, 6.07) is 5.94. The van der Waals surface area contributed by atoms with Crippen LogP contribution in [0.1, 0.15) is 10.4 Å². The first-order chi connectivity index (χ1) is 11.6. The Hall–Kier alpha value is -2.70. The molecule has 24 heavy (non-hydrogen) atoms. The van der Waals surface area contributed by atoms with Gasteiger partial charge in [-0.1, -0.05) is 11.3 Å². The Labute approximate surface area is 143 Å². The summed E-state index contributed by atoms with van der Waals surface area (Å²) < 4.78 is 0. The zero-order valence-corrected chi connectivity index (χ0v) is 13.7. The largest absolute Gasteiger partial charge is 0.465 e. The molecular formula is C15H16N6O2S. The molecule has 0 saturated carbocycles. The number of thiazole rings is 1. The summed E-state index contributed by atoms with van der Waals surface area (Å²) in [6.45, 7) is 3.24. The van der Waals surface area contributed by atoms with E-state index < -0.39 is 6.09 Å². The summed E-state index contributed by atoms with van der Waals surface area (Å²) in [5.41, 5.74) is 1.09. The Morgan fingerprint density at radius 2 is 2.17 bits per heavy atom. The van der Waals surface area contributed by atoms with Gasteiger partial charge in [0.2, 0.25) is 0 Å². The molecular weight excluding hydrogens is 328 g/mol. The second-order valence-corrected chi connectivity index (χ2v) is 6.39. The molecule has 1 aliphatic rings. The lowest BCUT2D eigenvalue weighted by atomic mass is 10.2. The smallest absolute Gasteiger partial charge is 0.407 e. The minimum atomic E-state index is -0.856. The first-order valence-corrected chi connectivity index (χ1v) is 8.24. The van der Waals surface area contributed by atoms with E-state index in [9.17, 15) is 4.79 Å². The van der Waals surface area contributed by atoms with E-state index in [0.29, 0.717) is 28.9 Å². The maximum absolute atomic E-state index is 10.9. The number of nitrogens with zero attached hydrogens (tertiary/aromatic N) is 5. The second kappa shape index (κ2) is 7.25. The highest BCUT2D eigenvalue weighted by Crippen LogP contribution is 2.21. The lowest BCUT2D eigenvalue weighted by Crippen LogP contribution is -2.47. The van der Waals surface area contributed by atoms with E-state index in [4.69, 9.17) is 10.4 Å². The van der Waals surface area contributed by atoms with Crippen molar-refractivity contribution >= 4 is 28.4 Å². The number of nitriles is 1. The predicted octanol–water partition coefficient (Wildman–Crippen LogP) is 1.95. The number of anilines is 2. The van der Waals surface area contributed by atoms with E-state index >= 15 is 0 Å². The molecule has 1 amide bonds. The molecule has 0 aliphatic carbocycles. The molecule has 2 aromatic heterocycles. The summed E-state index contributed by atoms with van der Waals surface area (Å²) in [4.78, 5) is 23.5. The molecule has 0 radical (unpaired) electrons. The molecule has 9 heteroatoms. The lowest BCUT2D eigenvalue weighted by Gasteiger charge is -2.33. The molecule has 0 spiro atoms. The van der Waals surface area contributed by atoms with E-state index in [1.807, 2.05) is 12.1 Å². The Morgan fingerprint density at radius 1 is 1.38 bits per heavy atom. The predicted molar refractivity (Wildman–Crippen MR) is 89.2 cm³/mol. The van der Waals surface area contributed by atoms with Gasteiger partial charge in [-0.15, -0.1) is 0 Å². The van der Waals surface area contributed by atoms with Crippen molar-refractivity contribution in [2.24, 2.45) is 0 Å². The molecule has 0 unspecified atom stereocenters. The molecule has 0 bridgehead atoms. The Morgan fingerprint density at radius 3 is 2.83 bits per heavy atom. The van der Waals surface area contributed by atoms with Crippen LogP contribution in [-0.2, 0) is 6.54 Å². The van der Waals surface area contributed by atoms with E-state index in [1.54, 1.807) is 6.20 Å². The monoisotopic (exact) mass is 344 g/mol. The van der Waals surface area contributed by atoms with Crippen LogP contribution in [0, 0.1) is 11.3 Å². The quantitative estimate of drug-likeness (QED) is 0.873. The van der Waals surface area contributed by atoms with Crippen molar-refractivity contribution in [2.45, 2.75) is 6.54 Å². The third-order valence-electron chi connectivity index (χ3n) is 3.72. The minimum absolute atomic E-state index is 0.529. The van der Waals surface area contributed by atoms with Crippen LogP contribution in [0.15, 0.2) is 24.5 Å². The van der Waals surface area contributed by atoms with E-state index in [1.165, 1.54) is 22.4 Å². The number of amides is 1. The van der Waals surface area contributed by atoms with Gasteiger partial charge >= 0.3 is 6.09 Å². The van der Waals surface area contributed by atoms with Crippen LogP contribution in [0.4, 0.5) is 15.7 Å². The van der Waals surface area contributed by atoms with Gasteiger partial charge in [0.15, 0.2) is 5.13 Å². The third-order valence-corrected chi connectivity index (χ3v) is 4.54. The summed E-state index contributed by atoms with van der Waals surface area (Å²) in [5, 5.41) is 21.5. The summed E-state index contributed by atoms with van der Waals surface area (Å²) >= 11 is 1.28. The number of rotatable bonds is 4. The fourth-order valence-electron chi connectivity index (χ4n) is 2.49. The molecule has 2 aromatic rings. The van der Waals surface area contributed by atoms with E-state index in [2.05, 4.69) is 26.3 Å². The molecule has 0 atom stereocenters. The number of hydrogen-bond acceptors (Lipinski definition) is 7. The summed E-state index contributed by atoms with van der Waals surface area (Å²) in [5.74, 6) is 0.676. The lowest BCUT2D eigenvalue weighted by molar-refractivity contribution is 0.103. The Bertz CT molecular complexity index is 763. The standard InChI is InChI=1S/C15H16N6O2S/c16-8-12-9-18-14(24-12)19-13-7-11(1-2-17-13)10-20-3-5-21(6-4-20)15(22)23/h1-2,7,9H,3-6,10H2,(H,22,23)(H,17,18,19). The molecule has 8 nitrogen and oxygen atoms in total. The van der Waals surface area contributed by atoms with Gasteiger partial charge in [0.25, 0.3) is 0 Å². The fourth-order valence-corrected chi connectivity index (χ4v) is 3.11. The number of carbonyl (C=O) groups is 1. The minimum Gasteiger partial charge on any atom is -0.465 e. The number of carboxylic acid groups (broad SMARTS) is 1. The first-order valence-electron chi connectivity index (χ1n) is 7.42. The Balaban J connectivity index is 1.59. The van der Waals surface area contributed by atoms with E-state index in [-0.39, 0.29) is 0 Å². The number of nitrogens with one attached hydrogen (secondary N) is 1. The van der Waals surface area contributed by atoms with Crippen LogP contribution in [0.25, 0.3) is 0 Å². The molecule has 2 N–H and O–H groups in total. The SMILES string of the molecule is N#Cc1cnc(Nc2cc(CN3CCN(C(=O)O)CC3)ccn2)s1. The highest BCUT2D eigenvalue weighted by Gasteiger charge is 2.20. The van der Waals surface area contributed by atoms with Gasteiger partial charge in [-0.2, -0.15) is 5.26 Å². The first kappa shape index (κ1) is 16.2. The van der Waals surface area contributed by atoms with Gasteiger partial charge < -0.3 is 15.3 Å². The van der Waals surface area contributed by atoms with Gasteiger partial charge in [-0.05, 0) is 17.7 Å². The molecule has 1 aliphatic heterocycles. The average molecular weight is 344 g/mol. The number of hydrogen-bond donors (Lipinski definition) is 2. The van der Waals surface area contributed by atoms with Crippen molar-refractivity contribution in [1.82, 2.24) is 19.8 Å². The van der Waals surface area contributed by atoms with Crippen molar-refractivity contribution in [1.29, 1.82) is 5.26 Å². The maximum Gasteiger partial charge on any atom is 0.407 e. The summed E-state index contributed by atoms with van der Waals surface area (Å²) in [7, 11) is 0. The summed E-state index contributed by atoms with van der Waals surface area (Å²) in [6.07, 6.45) is 2.40. The van der Waals surface area contributed by atoms with Gasteiger partial charge in [0.05, 0.1) is 6.20 Å². The molecule has 1 saturated heterocycles. The molecule has 1 fully saturated rings. The second-order valence-electron chi connectivity index (χ2n) is 5.36. The third kappa shape index (κ3) is 3.98. The van der Waals surface area contributed by atoms with Crippen molar-refractivity contribution in [2.75, 3.05) is 31.5 Å². The number of piperazine rings is 1. The average Bonchev–Trinajstić information content (AvgIpc) is 3.03. The van der Waals surface area contributed by atoms with Crippen LogP contribution in [0.3, 0.4) is 0 Å². The highest BCUT2D eigenvalue weighted by molar-refractivity contribution is 7.16.